The van der Waals surface area contributed by atoms with Crippen molar-refractivity contribution < 1.29 is 19.4 Å². The first-order chi connectivity index (χ1) is 7.99. The summed E-state index contributed by atoms with van der Waals surface area (Å²) in [7, 11) is 0. The highest BCUT2D eigenvalue weighted by Gasteiger charge is 2.17. The van der Waals surface area contributed by atoms with Gasteiger partial charge in [0.15, 0.2) is 5.69 Å². The number of carboxylic acid groups (broad SMARTS) is 1. The summed E-state index contributed by atoms with van der Waals surface area (Å²) in [5.74, 6) is -1.95. The lowest BCUT2D eigenvalue weighted by Gasteiger charge is -1.98. The van der Waals surface area contributed by atoms with Crippen LogP contribution in [0.25, 0.3) is 10.6 Å². The first-order valence-electron chi connectivity index (χ1n) is 4.68. The number of aromatic hydroxyl groups is 1. The van der Waals surface area contributed by atoms with E-state index in [4.69, 9.17) is 10.2 Å². The summed E-state index contributed by atoms with van der Waals surface area (Å²) in [5.41, 5.74) is 0.112. The van der Waals surface area contributed by atoms with Crippen LogP contribution in [0.3, 0.4) is 0 Å². The summed E-state index contributed by atoms with van der Waals surface area (Å²) in [4.78, 5) is 15.2. The number of hydrogen-bond donors (Lipinski definition) is 2. The maximum Gasteiger partial charge on any atom is 0.355 e. The zero-order valence-electron chi connectivity index (χ0n) is 8.77. The number of phenols is 1. The fourth-order valence-electron chi connectivity index (χ4n) is 1.39. The largest absolute Gasteiger partial charge is 0.508 e. The average Bonchev–Trinajstić information content (AvgIpc) is 2.60. The van der Waals surface area contributed by atoms with Gasteiger partial charge in [0, 0.05) is 16.5 Å². The number of aryl methyl sites for hydroxylation is 1. The number of phenolic OH excluding ortho intramolecular Hbond substituents is 1. The molecule has 1 aromatic carbocycles. The lowest BCUT2D eigenvalue weighted by atomic mass is 10.2. The van der Waals surface area contributed by atoms with Crippen LogP contribution in [0.1, 0.15) is 15.4 Å². The minimum atomic E-state index is -1.14. The molecule has 0 aliphatic carbocycles. The van der Waals surface area contributed by atoms with Gasteiger partial charge in [0.2, 0.25) is 0 Å². The number of aromatic carboxylic acids is 1. The van der Waals surface area contributed by atoms with E-state index in [1.165, 1.54) is 12.1 Å². The predicted molar refractivity (Wildman–Crippen MR) is 60.9 cm³/mol. The molecule has 0 aliphatic rings. The van der Waals surface area contributed by atoms with E-state index in [1.54, 1.807) is 6.92 Å². The fourth-order valence-corrected chi connectivity index (χ4v) is 2.32. The molecule has 2 rings (SSSR count). The van der Waals surface area contributed by atoms with Crippen LogP contribution in [-0.4, -0.2) is 21.2 Å². The Balaban J connectivity index is 2.53. The highest BCUT2D eigenvalue weighted by atomic mass is 32.1. The summed E-state index contributed by atoms with van der Waals surface area (Å²) in [6.45, 7) is 1.61. The molecule has 0 radical (unpaired) electrons. The van der Waals surface area contributed by atoms with E-state index in [1.807, 2.05) is 0 Å². The fraction of sp³-hybridized carbons (Fsp3) is 0.0909. The Labute approximate surface area is 100.0 Å². The summed E-state index contributed by atoms with van der Waals surface area (Å²) in [6.07, 6.45) is 0. The molecule has 1 aromatic heterocycles. The summed E-state index contributed by atoms with van der Waals surface area (Å²) >= 11 is 1.10. The Kier molecular flexibility index (Phi) is 2.81. The van der Waals surface area contributed by atoms with Crippen LogP contribution < -0.4 is 0 Å². The number of nitrogens with zero attached hydrogens (tertiary/aromatic N) is 1. The number of thiazole rings is 1. The predicted octanol–water partition coefficient (Wildman–Crippen LogP) is 2.66. The molecule has 2 aromatic rings. The van der Waals surface area contributed by atoms with Crippen LogP contribution in [0.4, 0.5) is 4.39 Å². The molecule has 0 aliphatic heterocycles. The molecule has 0 unspecified atom stereocenters. The van der Waals surface area contributed by atoms with E-state index >= 15 is 0 Å². The SMILES string of the molecule is Cc1sc(-c2ccc(O)cc2F)nc1C(=O)O. The summed E-state index contributed by atoms with van der Waals surface area (Å²) in [6, 6.07) is 3.66. The average molecular weight is 253 g/mol. The van der Waals surface area contributed by atoms with Crippen LogP contribution in [0.5, 0.6) is 5.75 Å². The van der Waals surface area contributed by atoms with Gasteiger partial charge in [-0.25, -0.2) is 14.2 Å². The number of carbonyl (C=O) groups is 1. The standard InChI is InChI=1S/C11H8FNO3S/c1-5-9(11(15)16)13-10(17-5)7-3-2-6(14)4-8(7)12/h2-4,14H,1H3,(H,15,16). The molecule has 17 heavy (non-hydrogen) atoms. The van der Waals surface area contributed by atoms with E-state index in [-0.39, 0.29) is 22.0 Å². The lowest BCUT2D eigenvalue weighted by molar-refractivity contribution is 0.0690. The van der Waals surface area contributed by atoms with Gasteiger partial charge in [-0.2, -0.15) is 0 Å². The Hall–Kier alpha value is -1.95. The number of carboxylic acids is 1. The zero-order chi connectivity index (χ0) is 12.6. The summed E-state index contributed by atoms with van der Waals surface area (Å²) in [5, 5.41) is 18.2. The van der Waals surface area contributed by atoms with Gasteiger partial charge in [0.05, 0.1) is 0 Å². The van der Waals surface area contributed by atoms with Crippen molar-refractivity contribution in [1.82, 2.24) is 4.98 Å². The van der Waals surface area contributed by atoms with E-state index in [9.17, 15) is 9.18 Å². The zero-order valence-corrected chi connectivity index (χ0v) is 9.58. The van der Waals surface area contributed by atoms with E-state index in [2.05, 4.69) is 4.98 Å². The van der Waals surface area contributed by atoms with Gasteiger partial charge in [-0.05, 0) is 19.1 Å². The van der Waals surface area contributed by atoms with Crippen LogP contribution in [0.15, 0.2) is 18.2 Å². The Bertz CT molecular complexity index is 594. The van der Waals surface area contributed by atoms with Gasteiger partial charge in [-0.15, -0.1) is 11.3 Å². The Morgan fingerprint density at radius 2 is 2.18 bits per heavy atom. The molecule has 0 spiro atoms. The van der Waals surface area contributed by atoms with Crippen molar-refractivity contribution in [2.24, 2.45) is 0 Å². The van der Waals surface area contributed by atoms with Crippen LogP contribution in [0.2, 0.25) is 0 Å². The minimum absolute atomic E-state index is 0.0718. The van der Waals surface area contributed by atoms with Crippen molar-refractivity contribution in [2.75, 3.05) is 0 Å². The van der Waals surface area contributed by atoms with Gasteiger partial charge in [-0.1, -0.05) is 0 Å². The van der Waals surface area contributed by atoms with E-state index < -0.39 is 11.8 Å². The molecular weight excluding hydrogens is 245 g/mol. The topological polar surface area (TPSA) is 70.4 Å². The molecule has 0 atom stereocenters. The van der Waals surface area contributed by atoms with Crippen LogP contribution >= 0.6 is 11.3 Å². The number of hydrogen-bond acceptors (Lipinski definition) is 4. The van der Waals surface area contributed by atoms with Crippen molar-refractivity contribution in [3.63, 3.8) is 0 Å². The van der Waals surface area contributed by atoms with Gasteiger partial charge in [-0.3, -0.25) is 0 Å². The van der Waals surface area contributed by atoms with Crippen LogP contribution in [-0.2, 0) is 0 Å². The first kappa shape index (κ1) is 11.5. The maximum atomic E-state index is 13.5. The second kappa shape index (κ2) is 4.14. The molecular formula is C11H8FNO3S. The van der Waals surface area contributed by atoms with Gasteiger partial charge >= 0.3 is 5.97 Å². The molecule has 0 amide bonds. The highest BCUT2D eigenvalue weighted by molar-refractivity contribution is 7.15. The third-order valence-electron chi connectivity index (χ3n) is 2.18. The van der Waals surface area contributed by atoms with E-state index in [0.717, 1.165) is 17.4 Å². The molecule has 6 heteroatoms. The number of benzene rings is 1. The van der Waals surface area contributed by atoms with Gasteiger partial charge < -0.3 is 10.2 Å². The molecule has 2 N–H and O–H groups in total. The highest BCUT2D eigenvalue weighted by Crippen LogP contribution is 2.31. The molecule has 88 valence electrons. The Morgan fingerprint density at radius 1 is 1.47 bits per heavy atom. The maximum absolute atomic E-state index is 13.5. The van der Waals surface area contributed by atoms with Crippen molar-refractivity contribution in [2.45, 2.75) is 6.92 Å². The number of aromatic nitrogens is 1. The quantitative estimate of drug-likeness (QED) is 0.863. The van der Waals surface area contributed by atoms with Crippen molar-refractivity contribution >= 4 is 17.3 Å². The minimum Gasteiger partial charge on any atom is -0.508 e. The molecule has 4 nitrogen and oxygen atoms in total. The third kappa shape index (κ3) is 2.12. The number of rotatable bonds is 2. The summed E-state index contributed by atoms with van der Waals surface area (Å²) < 4.78 is 13.5. The Morgan fingerprint density at radius 3 is 2.71 bits per heavy atom. The molecule has 0 bridgehead atoms. The van der Waals surface area contributed by atoms with Crippen molar-refractivity contribution in [1.29, 1.82) is 0 Å². The van der Waals surface area contributed by atoms with E-state index in [0.29, 0.717) is 4.88 Å². The number of halogens is 1. The lowest BCUT2D eigenvalue weighted by Crippen LogP contribution is -1.98. The smallest absolute Gasteiger partial charge is 0.355 e. The first-order valence-corrected chi connectivity index (χ1v) is 5.50. The third-order valence-corrected chi connectivity index (χ3v) is 3.19. The van der Waals surface area contributed by atoms with Crippen molar-refractivity contribution in [3.8, 4) is 16.3 Å². The molecule has 0 saturated carbocycles. The van der Waals surface area contributed by atoms with Gasteiger partial charge in [0.25, 0.3) is 0 Å². The molecule has 1 heterocycles. The second-order valence-corrected chi connectivity index (χ2v) is 4.60. The second-order valence-electron chi connectivity index (χ2n) is 3.39. The van der Waals surface area contributed by atoms with Gasteiger partial charge in [0.1, 0.15) is 16.6 Å². The normalized spacial score (nSPS) is 10.5. The monoisotopic (exact) mass is 253 g/mol. The van der Waals surface area contributed by atoms with Crippen molar-refractivity contribution in [3.05, 3.63) is 34.6 Å². The molecule has 0 saturated heterocycles. The molecule has 0 fully saturated rings. The van der Waals surface area contributed by atoms with Crippen LogP contribution in [0, 0.1) is 12.7 Å².